The number of hydrogen-bond acceptors (Lipinski definition) is 6. The lowest BCUT2D eigenvalue weighted by molar-refractivity contribution is 0.0302. The molecule has 0 radical (unpaired) electrons. The number of aromatic nitrogens is 1. The zero-order valence-corrected chi connectivity index (χ0v) is 13.0. The van der Waals surface area contributed by atoms with Crippen molar-refractivity contribution in [2.24, 2.45) is 0 Å². The van der Waals surface area contributed by atoms with Gasteiger partial charge in [0.2, 0.25) is 0 Å². The lowest BCUT2D eigenvalue weighted by atomic mass is 10.2. The SMILES string of the molecule is O=C(c1cncc(NC2CCS(=O)(=O)C2)c1)N1CCOCC1. The summed E-state index contributed by atoms with van der Waals surface area (Å²) in [6.45, 7) is 2.27. The molecule has 0 aromatic carbocycles. The van der Waals surface area contributed by atoms with E-state index in [0.717, 1.165) is 0 Å². The zero-order valence-electron chi connectivity index (χ0n) is 12.2. The van der Waals surface area contributed by atoms with Gasteiger partial charge in [0.05, 0.1) is 36.0 Å². The van der Waals surface area contributed by atoms with E-state index in [1.54, 1.807) is 17.2 Å². The van der Waals surface area contributed by atoms with Gasteiger partial charge in [-0.1, -0.05) is 0 Å². The van der Waals surface area contributed by atoms with Gasteiger partial charge in [-0.05, 0) is 12.5 Å². The van der Waals surface area contributed by atoms with Crippen LogP contribution in [0.5, 0.6) is 0 Å². The Kier molecular flexibility index (Phi) is 4.30. The average Bonchev–Trinajstić information content (AvgIpc) is 2.86. The third kappa shape index (κ3) is 3.56. The highest BCUT2D eigenvalue weighted by Crippen LogP contribution is 2.18. The minimum Gasteiger partial charge on any atom is -0.380 e. The number of hydrogen-bond donors (Lipinski definition) is 1. The van der Waals surface area contributed by atoms with Gasteiger partial charge in [0.1, 0.15) is 0 Å². The quantitative estimate of drug-likeness (QED) is 0.851. The molecule has 2 aliphatic rings. The summed E-state index contributed by atoms with van der Waals surface area (Å²) in [6.07, 6.45) is 3.74. The van der Waals surface area contributed by atoms with Crippen LogP contribution in [0.15, 0.2) is 18.5 Å². The number of carbonyl (C=O) groups is 1. The van der Waals surface area contributed by atoms with Crippen molar-refractivity contribution in [1.29, 1.82) is 0 Å². The van der Waals surface area contributed by atoms with Crippen molar-refractivity contribution < 1.29 is 17.9 Å². The van der Waals surface area contributed by atoms with Gasteiger partial charge >= 0.3 is 0 Å². The topological polar surface area (TPSA) is 88.6 Å². The maximum absolute atomic E-state index is 12.4. The standard InChI is InChI=1S/C14H19N3O4S/c18-14(17-2-4-21-5-3-17)11-7-13(9-15-8-11)16-12-1-6-22(19,20)10-12/h7-9,12,16H,1-6,10H2. The first-order valence-corrected chi connectivity index (χ1v) is 9.15. The van der Waals surface area contributed by atoms with Crippen LogP contribution in [0.2, 0.25) is 0 Å². The number of nitrogens with one attached hydrogen (secondary N) is 1. The van der Waals surface area contributed by atoms with E-state index in [4.69, 9.17) is 4.74 Å². The predicted molar refractivity (Wildman–Crippen MR) is 81.6 cm³/mol. The van der Waals surface area contributed by atoms with Crippen LogP contribution < -0.4 is 5.32 Å². The normalized spacial score (nSPS) is 24.2. The number of morpholine rings is 1. The number of nitrogens with zero attached hydrogens (tertiary/aromatic N) is 2. The Balaban J connectivity index is 1.68. The van der Waals surface area contributed by atoms with Crippen LogP contribution in [0.1, 0.15) is 16.8 Å². The number of rotatable bonds is 3. The molecule has 7 nitrogen and oxygen atoms in total. The fourth-order valence-electron chi connectivity index (χ4n) is 2.73. The van der Waals surface area contributed by atoms with Crippen molar-refractivity contribution in [2.45, 2.75) is 12.5 Å². The highest BCUT2D eigenvalue weighted by molar-refractivity contribution is 7.91. The molecule has 2 fully saturated rings. The summed E-state index contributed by atoms with van der Waals surface area (Å²) in [5, 5.41) is 3.16. The molecule has 3 heterocycles. The third-order valence-electron chi connectivity index (χ3n) is 3.89. The monoisotopic (exact) mass is 325 g/mol. The van der Waals surface area contributed by atoms with Gasteiger partial charge in [-0.3, -0.25) is 9.78 Å². The van der Waals surface area contributed by atoms with Crippen LogP contribution in [-0.4, -0.2) is 68.1 Å². The minimum absolute atomic E-state index is 0.0708. The third-order valence-corrected chi connectivity index (χ3v) is 5.65. The molecule has 1 aromatic rings. The van der Waals surface area contributed by atoms with E-state index >= 15 is 0 Å². The highest BCUT2D eigenvalue weighted by Gasteiger charge is 2.28. The second kappa shape index (κ2) is 6.21. The largest absolute Gasteiger partial charge is 0.380 e. The number of carbonyl (C=O) groups excluding carboxylic acids is 1. The van der Waals surface area contributed by atoms with Gasteiger partial charge in [0, 0.05) is 31.5 Å². The van der Waals surface area contributed by atoms with Gasteiger partial charge in [0.15, 0.2) is 9.84 Å². The van der Waals surface area contributed by atoms with Crippen molar-refractivity contribution in [1.82, 2.24) is 9.88 Å². The van der Waals surface area contributed by atoms with Crippen LogP contribution in [0, 0.1) is 0 Å². The molecule has 120 valence electrons. The minimum atomic E-state index is -2.93. The summed E-state index contributed by atoms with van der Waals surface area (Å²) in [5.41, 5.74) is 1.19. The molecule has 0 aliphatic carbocycles. The van der Waals surface area contributed by atoms with Gasteiger partial charge in [-0.15, -0.1) is 0 Å². The molecular weight excluding hydrogens is 306 g/mol. The fraction of sp³-hybridized carbons (Fsp3) is 0.571. The van der Waals surface area contributed by atoms with Gasteiger partial charge in [-0.2, -0.15) is 0 Å². The number of anilines is 1. The Labute approximate surface area is 129 Å². The summed E-state index contributed by atoms with van der Waals surface area (Å²) in [5.74, 6) is 0.276. The molecule has 1 N–H and O–H groups in total. The van der Waals surface area contributed by atoms with E-state index in [-0.39, 0.29) is 23.5 Å². The summed E-state index contributed by atoms with van der Waals surface area (Å²) in [4.78, 5) is 18.2. The predicted octanol–water partition coefficient (Wildman–Crippen LogP) is 0.153. The van der Waals surface area contributed by atoms with E-state index in [2.05, 4.69) is 10.3 Å². The Morgan fingerprint density at radius 2 is 2.09 bits per heavy atom. The average molecular weight is 325 g/mol. The molecule has 2 aliphatic heterocycles. The Hall–Kier alpha value is -1.67. The molecule has 1 unspecified atom stereocenters. The summed E-state index contributed by atoms with van der Waals surface area (Å²) in [6, 6.07) is 1.62. The molecule has 22 heavy (non-hydrogen) atoms. The Morgan fingerprint density at radius 1 is 1.32 bits per heavy atom. The van der Waals surface area contributed by atoms with Gasteiger partial charge < -0.3 is 15.0 Å². The molecule has 2 saturated heterocycles. The van der Waals surface area contributed by atoms with E-state index in [1.807, 2.05) is 0 Å². The first-order chi connectivity index (χ1) is 10.5. The van der Waals surface area contributed by atoms with Crippen LogP contribution >= 0.6 is 0 Å². The maximum atomic E-state index is 12.4. The van der Waals surface area contributed by atoms with Crippen LogP contribution in [0.4, 0.5) is 5.69 Å². The van der Waals surface area contributed by atoms with Crippen molar-refractivity contribution in [2.75, 3.05) is 43.1 Å². The van der Waals surface area contributed by atoms with E-state index in [9.17, 15) is 13.2 Å². The van der Waals surface area contributed by atoms with Crippen molar-refractivity contribution >= 4 is 21.4 Å². The van der Waals surface area contributed by atoms with Crippen LogP contribution in [0.25, 0.3) is 0 Å². The molecule has 0 saturated carbocycles. The van der Waals surface area contributed by atoms with Gasteiger partial charge in [-0.25, -0.2) is 8.42 Å². The molecule has 0 spiro atoms. The number of sulfone groups is 1. The summed E-state index contributed by atoms with van der Waals surface area (Å²) in [7, 11) is -2.93. The first-order valence-electron chi connectivity index (χ1n) is 7.32. The van der Waals surface area contributed by atoms with Crippen LogP contribution in [0.3, 0.4) is 0 Å². The molecule has 8 heteroatoms. The molecule has 3 rings (SSSR count). The van der Waals surface area contributed by atoms with Crippen LogP contribution in [-0.2, 0) is 14.6 Å². The molecule has 0 bridgehead atoms. The van der Waals surface area contributed by atoms with E-state index in [0.29, 0.717) is 44.0 Å². The van der Waals surface area contributed by atoms with Crippen molar-refractivity contribution in [3.63, 3.8) is 0 Å². The number of pyridine rings is 1. The second-order valence-corrected chi connectivity index (χ2v) is 7.84. The smallest absolute Gasteiger partial charge is 0.255 e. The zero-order chi connectivity index (χ0) is 15.6. The van der Waals surface area contributed by atoms with Crippen molar-refractivity contribution in [3.8, 4) is 0 Å². The molecule has 1 aromatic heterocycles. The highest BCUT2D eigenvalue weighted by atomic mass is 32.2. The first kappa shape index (κ1) is 15.2. The van der Waals surface area contributed by atoms with E-state index < -0.39 is 9.84 Å². The second-order valence-electron chi connectivity index (χ2n) is 5.61. The fourth-order valence-corrected chi connectivity index (χ4v) is 4.40. The summed E-state index contributed by atoms with van der Waals surface area (Å²) >= 11 is 0. The molecule has 1 atom stereocenters. The van der Waals surface area contributed by atoms with Gasteiger partial charge in [0.25, 0.3) is 5.91 Å². The number of ether oxygens (including phenoxy) is 1. The maximum Gasteiger partial charge on any atom is 0.255 e. The Morgan fingerprint density at radius 3 is 2.77 bits per heavy atom. The van der Waals surface area contributed by atoms with Crippen molar-refractivity contribution in [3.05, 3.63) is 24.0 Å². The molecular formula is C14H19N3O4S. The molecule has 1 amide bonds. The lowest BCUT2D eigenvalue weighted by Gasteiger charge is -2.27. The Bertz CT molecular complexity index is 656. The lowest BCUT2D eigenvalue weighted by Crippen LogP contribution is -2.40. The number of amides is 1. The summed E-state index contributed by atoms with van der Waals surface area (Å²) < 4.78 is 28.2. The van der Waals surface area contributed by atoms with E-state index in [1.165, 1.54) is 6.20 Å².